The Bertz CT molecular complexity index is 183. The summed E-state index contributed by atoms with van der Waals surface area (Å²) in [6, 6.07) is 0. The highest BCUT2D eigenvalue weighted by Gasteiger charge is 2.43. The fourth-order valence-corrected chi connectivity index (χ4v) is 2.78. The van der Waals surface area contributed by atoms with Crippen LogP contribution in [0, 0.1) is 17.8 Å². The predicted molar refractivity (Wildman–Crippen MR) is 47.1 cm³/mol. The van der Waals surface area contributed by atoms with Crippen LogP contribution in [0.5, 0.6) is 0 Å². The predicted octanol–water partition coefficient (Wildman–Crippen LogP) is 1.94. The molecular weight excluding hydrogens is 134 g/mol. The van der Waals surface area contributed by atoms with Crippen LogP contribution in [0.1, 0.15) is 26.2 Å². The van der Waals surface area contributed by atoms with E-state index in [0.717, 1.165) is 24.3 Å². The first-order valence-electron chi connectivity index (χ1n) is 4.75. The van der Waals surface area contributed by atoms with Crippen molar-refractivity contribution in [1.29, 1.82) is 0 Å². The lowest BCUT2D eigenvalue weighted by molar-refractivity contribution is 0.126. The van der Waals surface area contributed by atoms with Crippen molar-refractivity contribution in [3.63, 3.8) is 0 Å². The summed E-state index contributed by atoms with van der Waals surface area (Å²) < 4.78 is 0. The molecule has 0 radical (unpaired) electrons. The highest BCUT2D eigenvalue weighted by Crippen LogP contribution is 2.51. The van der Waals surface area contributed by atoms with Gasteiger partial charge in [0.25, 0.3) is 0 Å². The van der Waals surface area contributed by atoms with Crippen LogP contribution in [0.2, 0.25) is 0 Å². The first-order chi connectivity index (χ1) is 5.36. The molecule has 2 aliphatic carbocycles. The first kappa shape index (κ1) is 7.35. The molecule has 1 heteroatoms. The molecule has 11 heavy (non-hydrogen) atoms. The van der Waals surface area contributed by atoms with E-state index in [9.17, 15) is 0 Å². The van der Waals surface area contributed by atoms with E-state index in [1.54, 1.807) is 5.57 Å². The normalized spacial score (nSPS) is 41.3. The largest absolute Gasteiger partial charge is 0.330 e. The van der Waals surface area contributed by atoms with Crippen LogP contribution in [-0.4, -0.2) is 6.54 Å². The minimum atomic E-state index is 0.827. The highest BCUT2D eigenvalue weighted by molar-refractivity contribution is 5.21. The lowest BCUT2D eigenvalue weighted by Crippen LogP contribution is -2.39. The van der Waals surface area contributed by atoms with Gasteiger partial charge in [0.2, 0.25) is 0 Å². The third kappa shape index (κ3) is 0.943. The van der Waals surface area contributed by atoms with Gasteiger partial charge in [-0.3, -0.25) is 0 Å². The van der Waals surface area contributed by atoms with Gasteiger partial charge in [-0.15, -0.1) is 0 Å². The van der Waals surface area contributed by atoms with Crippen molar-refractivity contribution in [3.05, 3.63) is 11.6 Å². The van der Waals surface area contributed by atoms with Gasteiger partial charge in [-0.2, -0.15) is 0 Å². The summed E-state index contributed by atoms with van der Waals surface area (Å²) >= 11 is 0. The summed E-state index contributed by atoms with van der Waals surface area (Å²) in [4.78, 5) is 0. The van der Waals surface area contributed by atoms with Crippen LogP contribution in [0.15, 0.2) is 11.6 Å². The van der Waals surface area contributed by atoms with E-state index in [4.69, 9.17) is 5.73 Å². The zero-order valence-corrected chi connectivity index (χ0v) is 7.22. The molecule has 2 N–H and O–H groups in total. The molecule has 1 nitrogen and oxygen atoms in total. The molecule has 62 valence electrons. The summed E-state index contributed by atoms with van der Waals surface area (Å²) in [5.41, 5.74) is 7.37. The van der Waals surface area contributed by atoms with E-state index in [1.807, 2.05) is 0 Å². The van der Waals surface area contributed by atoms with Crippen LogP contribution in [0.25, 0.3) is 0 Å². The Kier molecular flexibility index (Phi) is 1.76. The molecule has 0 aromatic heterocycles. The minimum absolute atomic E-state index is 0.827. The quantitative estimate of drug-likeness (QED) is 0.600. The molecule has 0 unspecified atom stereocenters. The molecule has 0 aromatic carbocycles. The maximum atomic E-state index is 5.68. The van der Waals surface area contributed by atoms with Crippen LogP contribution in [0.3, 0.4) is 0 Å². The monoisotopic (exact) mass is 151 g/mol. The van der Waals surface area contributed by atoms with Gasteiger partial charge in [-0.05, 0) is 43.6 Å². The van der Waals surface area contributed by atoms with Crippen LogP contribution in [0.4, 0.5) is 0 Å². The molecule has 3 atom stereocenters. The van der Waals surface area contributed by atoms with Gasteiger partial charge >= 0.3 is 0 Å². The number of nitrogens with two attached hydrogens (primary N) is 1. The molecule has 0 spiro atoms. The molecule has 0 aliphatic heterocycles. The maximum absolute atomic E-state index is 5.68. The number of hydrogen-bond donors (Lipinski definition) is 1. The van der Waals surface area contributed by atoms with Gasteiger partial charge in [0.1, 0.15) is 0 Å². The second kappa shape index (κ2) is 2.63. The van der Waals surface area contributed by atoms with E-state index in [0.29, 0.717) is 0 Å². The SMILES string of the molecule is CCC1=CC[C@H]2C[C@@H](CN)[C@H]12. The summed E-state index contributed by atoms with van der Waals surface area (Å²) in [7, 11) is 0. The van der Waals surface area contributed by atoms with Crippen molar-refractivity contribution in [2.75, 3.05) is 6.54 Å². The van der Waals surface area contributed by atoms with Crippen molar-refractivity contribution < 1.29 is 0 Å². The van der Waals surface area contributed by atoms with Crippen LogP contribution >= 0.6 is 0 Å². The number of allylic oxidation sites excluding steroid dienone is 2. The van der Waals surface area contributed by atoms with Gasteiger partial charge in [-0.1, -0.05) is 18.6 Å². The van der Waals surface area contributed by atoms with Crippen molar-refractivity contribution >= 4 is 0 Å². The van der Waals surface area contributed by atoms with Gasteiger partial charge in [0.15, 0.2) is 0 Å². The minimum Gasteiger partial charge on any atom is -0.330 e. The molecule has 0 amide bonds. The van der Waals surface area contributed by atoms with Crippen molar-refractivity contribution in [2.24, 2.45) is 23.5 Å². The molecule has 1 fully saturated rings. The van der Waals surface area contributed by atoms with Crippen LogP contribution in [-0.2, 0) is 0 Å². The van der Waals surface area contributed by atoms with Gasteiger partial charge in [0.05, 0.1) is 0 Å². The Morgan fingerprint density at radius 2 is 2.45 bits per heavy atom. The lowest BCUT2D eigenvalue weighted by Gasteiger charge is -2.41. The van der Waals surface area contributed by atoms with E-state index in [1.165, 1.54) is 19.3 Å². The van der Waals surface area contributed by atoms with E-state index in [2.05, 4.69) is 13.0 Å². The molecule has 0 heterocycles. The zero-order valence-electron chi connectivity index (χ0n) is 7.22. The van der Waals surface area contributed by atoms with Gasteiger partial charge < -0.3 is 5.73 Å². The van der Waals surface area contributed by atoms with Gasteiger partial charge in [0, 0.05) is 0 Å². The standard InChI is InChI=1S/C10H17N/c1-2-7-3-4-8-5-9(6-11)10(7)8/h3,8-10H,2,4-6,11H2,1H3/t8-,9-,10+/m0/s1. The van der Waals surface area contributed by atoms with E-state index < -0.39 is 0 Å². The molecule has 2 rings (SSSR count). The Labute approximate surface area is 68.7 Å². The average Bonchev–Trinajstić information content (AvgIpc) is 2.29. The first-order valence-corrected chi connectivity index (χ1v) is 4.75. The molecular formula is C10H17N. The Balaban J connectivity index is 2.04. The Hall–Kier alpha value is -0.300. The molecule has 0 saturated heterocycles. The van der Waals surface area contributed by atoms with Crippen molar-refractivity contribution in [2.45, 2.75) is 26.2 Å². The third-order valence-corrected chi connectivity index (χ3v) is 3.44. The zero-order chi connectivity index (χ0) is 7.84. The smallest absolute Gasteiger partial charge is 0.00429 e. The molecule has 1 saturated carbocycles. The number of hydrogen-bond acceptors (Lipinski definition) is 1. The van der Waals surface area contributed by atoms with E-state index in [-0.39, 0.29) is 0 Å². The number of fused-ring (bicyclic) bond motifs is 1. The third-order valence-electron chi connectivity index (χ3n) is 3.44. The average molecular weight is 151 g/mol. The Morgan fingerprint density at radius 1 is 1.64 bits per heavy atom. The van der Waals surface area contributed by atoms with Crippen molar-refractivity contribution in [3.8, 4) is 0 Å². The fraction of sp³-hybridized carbons (Fsp3) is 0.800. The summed E-state index contributed by atoms with van der Waals surface area (Å²) in [5, 5.41) is 0. The molecule has 0 bridgehead atoms. The summed E-state index contributed by atoms with van der Waals surface area (Å²) in [6.07, 6.45) is 6.42. The molecule has 2 aliphatic rings. The number of rotatable bonds is 2. The highest BCUT2D eigenvalue weighted by atomic mass is 14.6. The lowest BCUT2D eigenvalue weighted by atomic mass is 9.64. The fourth-order valence-electron chi connectivity index (χ4n) is 2.78. The summed E-state index contributed by atoms with van der Waals surface area (Å²) in [5.74, 6) is 2.71. The molecule has 0 aromatic rings. The van der Waals surface area contributed by atoms with Gasteiger partial charge in [-0.25, -0.2) is 0 Å². The Morgan fingerprint density at radius 3 is 3.09 bits per heavy atom. The van der Waals surface area contributed by atoms with Crippen LogP contribution < -0.4 is 5.73 Å². The topological polar surface area (TPSA) is 26.0 Å². The summed E-state index contributed by atoms with van der Waals surface area (Å²) in [6.45, 7) is 3.17. The second-order valence-corrected chi connectivity index (χ2v) is 3.89. The maximum Gasteiger partial charge on any atom is -0.00429 e. The van der Waals surface area contributed by atoms with Crippen molar-refractivity contribution in [1.82, 2.24) is 0 Å². The van der Waals surface area contributed by atoms with E-state index >= 15 is 0 Å². The second-order valence-electron chi connectivity index (χ2n) is 3.89.